The molecule has 0 aliphatic carbocycles. The SMILES string of the molecule is Cc1nnnn1C/C=C/C(=O)NC(C)C. The molecule has 6 nitrogen and oxygen atoms in total. The van der Waals surface area contributed by atoms with E-state index in [-0.39, 0.29) is 11.9 Å². The van der Waals surface area contributed by atoms with E-state index in [0.29, 0.717) is 6.54 Å². The zero-order valence-electron chi connectivity index (χ0n) is 9.14. The molecule has 15 heavy (non-hydrogen) atoms. The number of hydrogen-bond acceptors (Lipinski definition) is 4. The summed E-state index contributed by atoms with van der Waals surface area (Å²) in [7, 11) is 0. The Morgan fingerprint density at radius 1 is 1.60 bits per heavy atom. The summed E-state index contributed by atoms with van der Waals surface area (Å²) in [6, 6.07) is 0.150. The molecule has 1 N–H and O–H groups in total. The first kappa shape index (κ1) is 11.4. The molecule has 0 atom stereocenters. The van der Waals surface area contributed by atoms with E-state index in [1.54, 1.807) is 10.8 Å². The molecule has 1 heterocycles. The van der Waals surface area contributed by atoms with E-state index in [0.717, 1.165) is 5.82 Å². The van der Waals surface area contributed by atoms with Crippen LogP contribution in [0.5, 0.6) is 0 Å². The molecule has 0 saturated carbocycles. The van der Waals surface area contributed by atoms with Crippen LogP contribution in [0.3, 0.4) is 0 Å². The molecule has 0 aliphatic rings. The third kappa shape index (κ3) is 3.88. The Kier molecular flexibility index (Phi) is 3.96. The number of carbonyl (C=O) groups excluding carboxylic acids is 1. The summed E-state index contributed by atoms with van der Waals surface area (Å²) in [5.41, 5.74) is 0. The highest BCUT2D eigenvalue weighted by Crippen LogP contribution is 1.89. The number of aryl methyl sites for hydroxylation is 1. The number of allylic oxidation sites excluding steroid dienone is 1. The molecule has 0 unspecified atom stereocenters. The molecule has 1 amide bonds. The molecule has 0 aliphatic heterocycles. The molecule has 0 radical (unpaired) electrons. The Morgan fingerprint density at radius 3 is 2.87 bits per heavy atom. The zero-order valence-corrected chi connectivity index (χ0v) is 9.14. The van der Waals surface area contributed by atoms with Crippen molar-refractivity contribution in [2.75, 3.05) is 0 Å². The molecule has 0 aromatic carbocycles. The van der Waals surface area contributed by atoms with E-state index in [4.69, 9.17) is 0 Å². The summed E-state index contributed by atoms with van der Waals surface area (Å²) in [4.78, 5) is 11.2. The maximum absolute atomic E-state index is 11.2. The topological polar surface area (TPSA) is 72.7 Å². The zero-order chi connectivity index (χ0) is 11.3. The predicted octanol–water partition coefficient (Wildman–Crippen LogP) is 0.0623. The van der Waals surface area contributed by atoms with Crippen molar-refractivity contribution in [2.45, 2.75) is 33.4 Å². The molecular formula is C9H15N5O. The molecule has 0 bridgehead atoms. The number of tetrazole rings is 1. The minimum atomic E-state index is -0.101. The minimum absolute atomic E-state index is 0.101. The van der Waals surface area contributed by atoms with E-state index in [1.807, 2.05) is 20.8 Å². The Labute approximate surface area is 88.4 Å². The second kappa shape index (κ2) is 5.23. The van der Waals surface area contributed by atoms with Crippen molar-refractivity contribution < 1.29 is 4.79 Å². The van der Waals surface area contributed by atoms with Gasteiger partial charge in [0.05, 0.1) is 6.54 Å². The summed E-state index contributed by atoms with van der Waals surface area (Å²) in [5.74, 6) is 0.625. The summed E-state index contributed by atoms with van der Waals surface area (Å²) in [6.07, 6.45) is 3.21. The van der Waals surface area contributed by atoms with Crippen molar-refractivity contribution in [3.63, 3.8) is 0 Å². The predicted molar refractivity (Wildman–Crippen MR) is 55.0 cm³/mol. The fourth-order valence-corrected chi connectivity index (χ4v) is 1.01. The Morgan fingerprint density at radius 2 is 2.33 bits per heavy atom. The van der Waals surface area contributed by atoms with Gasteiger partial charge in [0.2, 0.25) is 5.91 Å². The third-order valence-corrected chi connectivity index (χ3v) is 1.69. The first-order chi connectivity index (χ1) is 7.09. The summed E-state index contributed by atoms with van der Waals surface area (Å²) in [6.45, 7) is 6.14. The van der Waals surface area contributed by atoms with Crippen molar-refractivity contribution >= 4 is 5.91 Å². The van der Waals surface area contributed by atoms with Gasteiger partial charge in [-0.05, 0) is 31.2 Å². The molecular weight excluding hydrogens is 194 g/mol. The Hall–Kier alpha value is -1.72. The normalized spacial score (nSPS) is 11.2. The monoisotopic (exact) mass is 209 g/mol. The molecule has 1 rings (SSSR count). The van der Waals surface area contributed by atoms with Crippen LogP contribution < -0.4 is 5.32 Å². The Balaban J connectivity index is 2.40. The van der Waals surface area contributed by atoms with Gasteiger partial charge in [-0.1, -0.05) is 6.08 Å². The van der Waals surface area contributed by atoms with E-state index in [2.05, 4.69) is 20.8 Å². The van der Waals surface area contributed by atoms with Gasteiger partial charge < -0.3 is 5.32 Å². The van der Waals surface area contributed by atoms with Gasteiger partial charge in [-0.25, -0.2) is 4.68 Å². The van der Waals surface area contributed by atoms with Gasteiger partial charge in [0.1, 0.15) is 5.82 Å². The molecule has 0 spiro atoms. The highest BCUT2D eigenvalue weighted by atomic mass is 16.1. The number of nitrogens with zero attached hydrogens (tertiary/aromatic N) is 4. The highest BCUT2D eigenvalue weighted by Gasteiger charge is 1.98. The fourth-order valence-electron chi connectivity index (χ4n) is 1.01. The standard InChI is InChI=1S/C9H15N5O/c1-7(2)10-9(15)5-4-6-14-8(3)11-12-13-14/h4-5,7H,6H2,1-3H3,(H,10,15)/b5-4+. The van der Waals surface area contributed by atoms with Gasteiger partial charge in [-0.2, -0.15) is 0 Å². The third-order valence-electron chi connectivity index (χ3n) is 1.69. The molecule has 1 aromatic rings. The van der Waals surface area contributed by atoms with Crippen molar-refractivity contribution in [3.05, 3.63) is 18.0 Å². The van der Waals surface area contributed by atoms with Crippen molar-refractivity contribution in [3.8, 4) is 0 Å². The smallest absolute Gasteiger partial charge is 0.243 e. The highest BCUT2D eigenvalue weighted by molar-refractivity contribution is 5.87. The second-order valence-corrected chi connectivity index (χ2v) is 3.47. The number of carbonyl (C=O) groups is 1. The van der Waals surface area contributed by atoms with E-state index in [9.17, 15) is 4.79 Å². The Bertz CT molecular complexity index is 355. The lowest BCUT2D eigenvalue weighted by atomic mass is 10.3. The van der Waals surface area contributed by atoms with Crippen molar-refractivity contribution in [1.29, 1.82) is 0 Å². The van der Waals surface area contributed by atoms with Gasteiger partial charge in [-0.3, -0.25) is 4.79 Å². The van der Waals surface area contributed by atoms with Gasteiger partial charge in [0, 0.05) is 12.1 Å². The maximum Gasteiger partial charge on any atom is 0.243 e. The summed E-state index contributed by atoms with van der Waals surface area (Å²) < 4.78 is 1.61. The fraction of sp³-hybridized carbons (Fsp3) is 0.556. The van der Waals surface area contributed by atoms with Crippen LogP contribution in [-0.4, -0.2) is 32.2 Å². The molecule has 82 valence electrons. The number of hydrogen-bond donors (Lipinski definition) is 1. The first-order valence-corrected chi connectivity index (χ1v) is 4.79. The lowest BCUT2D eigenvalue weighted by Gasteiger charge is -2.04. The van der Waals surface area contributed by atoms with Crippen LogP contribution in [0.25, 0.3) is 0 Å². The van der Waals surface area contributed by atoms with Gasteiger partial charge in [-0.15, -0.1) is 5.10 Å². The van der Waals surface area contributed by atoms with Gasteiger partial charge in [0.25, 0.3) is 0 Å². The van der Waals surface area contributed by atoms with Gasteiger partial charge in [0.15, 0.2) is 0 Å². The number of amides is 1. The molecule has 0 saturated heterocycles. The minimum Gasteiger partial charge on any atom is -0.350 e. The number of nitrogens with one attached hydrogen (secondary N) is 1. The van der Waals surface area contributed by atoms with Crippen LogP contribution in [0.15, 0.2) is 12.2 Å². The van der Waals surface area contributed by atoms with Crippen LogP contribution in [0.4, 0.5) is 0 Å². The second-order valence-electron chi connectivity index (χ2n) is 3.47. The van der Waals surface area contributed by atoms with Crippen LogP contribution >= 0.6 is 0 Å². The van der Waals surface area contributed by atoms with E-state index in [1.165, 1.54) is 6.08 Å². The summed E-state index contributed by atoms with van der Waals surface area (Å²) >= 11 is 0. The molecule has 6 heteroatoms. The lowest BCUT2D eigenvalue weighted by Crippen LogP contribution is -2.28. The van der Waals surface area contributed by atoms with Crippen LogP contribution in [0, 0.1) is 6.92 Å². The lowest BCUT2D eigenvalue weighted by molar-refractivity contribution is -0.116. The van der Waals surface area contributed by atoms with Crippen molar-refractivity contribution in [1.82, 2.24) is 25.5 Å². The first-order valence-electron chi connectivity index (χ1n) is 4.79. The quantitative estimate of drug-likeness (QED) is 0.712. The summed E-state index contributed by atoms with van der Waals surface area (Å²) in [5, 5.41) is 13.7. The van der Waals surface area contributed by atoms with Gasteiger partial charge >= 0.3 is 0 Å². The van der Waals surface area contributed by atoms with Crippen LogP contribution in [-0.2, 0) is 11.3 Å². The van der Waals surface area contributed by atoms with Crippen molar-refractivity contribution in [2.24, 2.45) is 0 Å². The largest absolute Gasteiger partial charge is 0.350 e. The van der Waals surface area contributed by atoms with Crippen LogP contribution in [0.2, 0.25) is 0 Å². The number of aromatic nitrogens is 4. The van der Waals surface area contributed by atoms with E-state index < -0.39 is 0 Å². The van der Waals surface area contributed by atoms with E-state index >= 15 is 0 Å². The van der Waals surface area contributed by atoms with Crippen LogP contribution in [0.1, 0.15) is 19.7 Å². The molecule has 0 fully saturated rings. The average Bonchev–Trinajstić information content (AvgIpc) is 2.50. The molecule has 1 aromatic heterocycles. The average molecular weight is 209 g/mol. The number of rotatable bonds is 4. The maximum atomic E-state index is 11.2.